The SMILES string of the molecule is Cc1nnc(CN2CCCCC[C@@H]2C[C@@H](O)c2cccs2)s1. The van der Waals surface area contributed by atoms with E-state index in [9.17, 15) is 5.11 Å². The summed E-state index contributed by atoms with van der Waals surface area (Å²) in [5, 5.41) is 23.1. The minimum Gasteiger partial charge on any atom is -0.388 e. The molecule has 1 aliphatic rings. The topological polar surface area (TPSA) is 49.2 Å². The molecule has 0 bridgehead atoms. The largest absolute Gasteiger partial charge is 0.388 e. The van der Waals surface area contributed by atoms with E-state index >= 15 is 0 Å². The maximum absolute atomic E-state index is 10.5. The molecule has 2 aromatic heterocycles. The zero-order chi connectivity index (χ0) is 15.4. The van der Waals surface area contributed by atoms with Gasteiger partial charge in [-0.1, -0.05) is 18.9 Å². The van der Waals surface area contributed by atoms with Gasteiger partial charge in [0.2, 0.25) is 0 Å². The predicted octanol–water partition coefficient (Wildman–Crippen LogP) is 3.78. The van der Waals surface area contributed by atoms with Crippen LogP contribution in [0.3, 0.4) is 0 Å². The highest BCUT2D eigenvalue weighted by Gasteiger charge is 2.25. The fourth-order valence-corrected chi connectivity index (χ4v) is 4.60. The predicted molar refractivity (Wildman–Crippen MR) is 91.2 cm³/mol. The number of thiophene rings is 1. The van der Waals surface area contributed by atoms with Gasteiger partial charge in [-0.05, 0) is 44.2 Å². The molecule has 22 heavy (non-hydrogen) atoms. The first-order valence-electron chi connectivity index (χ1n) is 7.97. The molecule has 120 valence electrons. The van der Waals surface area contributed by atoms with Gasteiger partial charge in [-0.25, -0.2) is 0 Å². The highest BCUT2D eigenvalue weighted by Crippen LogP contribution is 2.29. The van der Waals surface area contributed by atoms with Gasteiger partial charge in [0.1, 0.15) is 10.0 Å². The summed E-state index contributed by atoms with van der Waals surface area (Å²) in [5.41, 5.74) is 0. The summed E-state index contributed by atoms with van der Waals surface area (Å²) in [5.74, 6) is 0. The number of aliphatic hydroxyl groups is 1. The third-order valence-corrected chi connectivity index (χ3v) is 6.07. The second-order valence-electron chi connectivity index (χ2n) is 5.96. The Morgan fingerprint density at radius 3 is 3.00 bits per heavy atom. The third kappa shape index (κ3) is 4.13. The molecule has 4 nitrogen and oxygen atoms in total. The molecule has 0 spiro atoms. The zero-order valence-corrected chi connectivity index (χ0v) is 14.6. The summed E-state index contributed by atoms with van der Waals surface area (Å²) in [6.45, 7) is 3.97. The van der Waals surface area contributed by atoms with E-state index in [4.69, 9.17) is 0 Å². The van der Waals surface area contributed by atoms with Crippen molar-refractivity contribution in [2.75, 3.05) is 6.54 Å². The van der Waals surface area contributed by atoms with Crippen LogP contribution in [-0.2, 0) is 6.54 Å². The lowest BCUT2D eigenvalue weighted by molar-refractivity contribution is 0.0994. The summed E-state index contributed by atoms with van der Waals surface area (Å²) in [6, 6.07) is 4.48. The Labute approximate surface area is 139 Å². The summed E-state index contributed by atoms with van der Waals surface area (Å²) < 4.78 is 0. The molecule has 2 aromatic rings. The molecule has 3 rings (SSSR count). The van der Waals surface area contributed by atoms with Crippen molar-refractivity contribution in [2.45, 2.75) is 57.7 Å². The molecule has 1 N–H and O–H groups in total. The van der Waals surface area contributed by atoms with Crippen LogP contribution < -0.4 is 0 Å². The van der Waals surface area contributed by atoms with Crippen LogP contribution in [0.5, 0.6) is 0 Å². The van der Waals surface area contributed by atoms with Crippen molar-refractivity contribution < 1.29 is 5.11 Å². The molecule has 0 aliphatic carbocycles. The first-order chi connectivity index (χ1) is 10.7. The number of likely N-dealkylation sites (tertiary alicyclic amines) is 1. The number of rotatable bonds is 5. The molecule has 0 amide bonds. The van der Waals surface area contributed by atoms with Crippen LogP contribution in [0, 0.1) is 6.92 Å². The molecule has 0 unspecified atom stereocenters. The second kappa shape index (κ2) is 7.64. The number of aliphatic hydroxyl groups excluding tert-OH is 1. The normalized spacial score (nSPS) is 21.6. The molecule has 3 heterocycles. The summed E-state index contributed by atoms with van der Waals surface area (Å²) in [6.07, 6.45) is 5.42. The van der Waals surface area contributed by atoms with Gasteiger partial charge in [-0.15, -0.1) is 32.9 Å². The molecule has 0 radical (unpaired) electrons. The van der Waals surface area contributed by atoms with Crippen LogP contribution in [0.2, 0.25) is 0 Å². The first kappa shape index (κ1) is 16.1. The van der Waals surface area contributed by atoms with Crippen molar-refractivity contribution in [2.24, 2.45) is 0 Å². The maximum Gasteiger partial charge on any atom is 0.131 e. The first-order valence-corrected chi connectivity index (χ1v) is 9.66. The number of nitrogens with zero attached hydrogens (tertiary/aromatic N) is 3. The minimum atomic E-state index is -0.346. The van der Waals surface area contributed by atoms with Crippen molar-refractivity contribution in [3.8, 4) is 0 Å². The third-order valence-electron chi connectivity index (χ3n) is 4.27. The Hall–Kier alpha value is -0.820. The van der Waals surface area contributed by atoms with Crippen molar-refractivity contribution in [3.63, 3.8) is 0 Å². The number of hydrogen-bond donors (Lipinski definition) is 1. The Balaban J connectivity index is 1.67. The standard InChI is InChI=1S/C16H23N3OS2/c1-12-17-18-16(22-12)11-19-8-4-2-3-6-13(19)10-14(20)15-7-5-9-21-15/h5,7,9,13-14,20H,2-4,6,8,10-11H2,1H3/t13-,14-/m1/s1. The highest BCUT2D eigenvalue weighted by molar-refractivity contribution is 7.11. The Morgan fingerprint density at radius 2 is 2.27 bits per heavy atom. The van der Waals surface area contributed by atoms with E-state index in [1.807, 2.05) is 24.4 Å². The smallest absolute Gasteiger partial charge is 0.131 e. The Morgan fingerprint density at radius 1 is 1.36 bits per heavy atom. The molecular formula is C16H23N3OS2. The zero-order valence-electron chi connectivity index (χ0n) is 12.9. The minimum absolute atomic E-state index is 0.346. The average Bonchev–Trinajstić information content (AvgIpc) is 3.12. The lowest BCUT2D eigenvalue weighted by atomic mass is 10.0. The maximum atomic E-state index is 10.5. The molecule has 0 aromatic carbocycles. The monoisotopic (exact) mass is 337 g/mol. The molecule has 1 saturated heterocycles. The van der Waals surface area contributed by atoms with E-state index in [-0.39, 0.29) is 6.10 Å². The Bertz CT molecular complexity index is 570. The van der Waals surface area contributed by atoms with Crippen LogP contribution >= 0.6 is 22.7 Å². The van der Waals surface area contributed by atoms with Gasteiger partial charge in [-0.3, -0.25) is 4.90 Å². The van der Waals surface area contributed by atoms with Gasteiger partial charge in [0.05, 0.1) is 12.6 Å². The van der Waals surface area contributed by atoms with E-state index in [0.29, 0.717) is 6.04 Å². The van der Waals surface area contributed by atoms with Crippen molar-refractivity contribution >= 4 is 22.7 Å². The highest BCUT2D eigenvalue weighted by atomic mass is 32.1. The van der Waals surface area contributed by atoms with E-state index < -0.39 is 0 Å². The van der Waals surface area contributed by atoms with Gasteiger partial charge < -0.3 is 5.11 Å². The summed E-state index contributed by atoms with van der Waals surface area (Å²) in [4.78, 5) is 3.58. The van der Waals surface area contributed by atoms with E-state index in [1.54, 1.807) is 22.7 Å². The fraction of sp³-hybridized carbons (Fsp3) is 0.625. The van der Waals surface area contributed by atoms with E-state index in [2.05, 4.69) is 15.1 Å². The molecule has 6 heteroatoms. The lowest BCUT2D eigenvalue weighted by Gasteiger charge is -2.30. The second-order valence-corrected chi connectivity index (χ2v) is 8.20. The quantitative estimate of drug-likeness (QED) is 0.902. The number of aromatic nitrogens is 2. The van der Waals surface area contributed by atoms with Crippen molar-refractivity contribution in [3.05, 3.63) is 32.4 Å². The van der Waals surface area contributed by atoms with Crippen molar-refractivity contribution in [1.82, 2.24) is 15.1 Å². The van der Waals surface area contributed by atoms with Crippen LogP contribution in [0.1, 0.15) is 53.1 Å². The summed E-state index contributed by atoms with van der Waals surface area (Å²) >= 11 is 3.33. The number of aryl methyl sites for hydroxylation is 1. The fourth-order valence-electron chi connectivity index (χ4n) is 3.14. The number of hydrogen-bond acceptors (Lipinski definition) is 6. The van der Waals surface area contributed by atoms with E-state index in [0.717, 1.165) is 34.4 Å². The molecular weight excluding hydrogens is 314 g/mol. The summed E-state index contributed by atoms with van der Waals surface area (Å²) in [7, 11) is 0. The van der Waals surface area contributed by atoms with Gasteiger partial charge >= 0.3 is 0 Å². The average molecular weight is 338 g/mol. The van der Waals surface area contributed by atoms with Gasteiger partial charge in [-0.2, -0.15) is 0 Å². The van der Waals surface area contributed by atoms with Crippen LogP contribution in [0.25, 0.3) is 0 Å². The van der Waals surface area contributed by atoms with Gasteiger partial charge in [0.25, 0.3) is 0 Å². The molecule has 2 atom stereocenters. The molecule has 1 fully saturated rings. The van der Waals surface area contributed by atoms with Crippen molar-refractivity contribution in [1.29, 1.82) is 0 Å². The van der Waals surface area contributed by atoms with Crippen LogP contribution in [0.4, 0.5) is 0 Å². The van der Waals surface area contributed by atoms with Gasteiger partial charge in [0.15, 0.2) is 0 Å². The van der Waals surface area contributed by atoms with Crippen LogP contribution in [-0.4, -0.2) is 32.8 Å². The molecule has 0 saturated carbocycles. The lowest BCUT2D eigenvalue weighted by Crippen LogP contribution is -2.35. The van der Waals surface area contributed by atoms with E-state index in [1.165, 1.54) is 25.7 Å². The Kier molecular flexibility index (Phi) is 5.57. The molecule has 1 aliphatic heterocycles. The van der Waals surface area contributed by atoms with Gasteiger partial charge in [0, 0.05) is 10.9 Å². The van der Waals surface area contributed by atoms with Crippen LogP contribution in [0.15, 0.2) is 17.5 Å².